The van der Waals surface area contributed by atoms with E-state index >= 15 is 0 Å². The number of carboxylic acid groups (broad SMARTS) is 1. The van der Waals surface area contributed by atoms with Crippen LogP contribution in [0, 0.1) is 0 Å². The molecule has 4 rings (SSSR count). The molecule has 0 saturated carbocycles. The molecule has 0 aromatic carbocycles. The molecule has 0 atom stereocenters. The monoisotopic (exact) mass is 413 g/mol. The summed E-state index contributed by atoms with van der Waals surface area (Å²) in [7, 11) is 0. The van der Waals surface area contributed by atoms with Gasteiger partial charge in [0.1, 0.15) is 0 Å². The number of hydrogen-bond acceptors (Lipinski definition) is 6. The number of hydrogen-bond donors (Lipinski definition) is 1. The first-order valence-electron chi connectivity index (χ1n) is 8.53. The number of thiophene rings is 1. The third-order valence-electron chi connectivity index (χ3n) is 4.36. The number of carboxylic acids is 1. The number of imidazole rings is 1. The van der Waals surface area contributed by atoms with Crippen molar-refractivity contribution < 1.29 is 23.1 Å². The lowest BCUT2D eigenvalue weighted by Crippen LogP contribution is -2.33. The maximum absolute atomic E-state index is 10.6. The van der Waals surface area contributed by atoms with E-state index in [0.717, 1.165) is 43.8 Å². The standard InChI is InChI=1S/C15H17N5S.C2HF3O2/c1-2-13(21-9-1)10-19-7-3-12(4-8-19)20-11-18-14-15(20)17-6-5-16-14;3-2(4,5)1(6)7/h1-2,5-6,9,11-12H,3-4,7-8,10H2;(H,6,7). The molecule has 1 saturated heterocycles. The molecule has 4 heterocycles. The molecule has 0 aliphatic carbocycles. The summed E-state index contributed by atoms with van der Waals surface area (Å²) in [5.74, 6) is -2.76. The number of piperidine rings is 1. The molecule has 11 heteroatoms. The Balaban J connectivity index is 0.000000279. The smallest absolute Gasteiger partial charge is 0.475 e. The van der Waals surface area contributed by atoms with Crippen LogP contribution >= 0.6 is 11.3 Å². The molecule has 28 heavy (non-hydrogen) atoms. The summed E-state index contributed by atoms with van der Waals surface area (Å²) in [5.41, 5.74) is 1.66. The van der Waals surface area contributed by atoms with Crippen LogP contribution in [-0.4, -0.2) is 54.8 Å². The molecule has 3 aromatic rings. The number of alkyl halides is 3. The van der Waals surface area contributed by atoms with Crippen molar-refractivity contribution in [3.63, 3.8) is 0 Å². The average Bonchev–Trinajstić information content (AvgIpc) is 3.32. The predicted molar refractivity (Wildman–Crippen MR) is 96.9 cm³/mol. The van der Waals surface area contributed by atoms with Crippen LogP contribution in [0.1, 0.15) is 23.8 Å². The number of likely N-dealkylation sites (tertiary alicyclic amines) is 1. The van der Waals surface area contributed by atoms with Gasteiger partial charge >= 0.3 is 12.1 Å². The first kappa shape index (κ1) is 20.2. The van der Waals surface area contributed by atoms with Crippen LogP contribution in [0.15, 0.2) is 36.2 Å². The van der Waals surface area contributed by atoms with Crippen LogP contribution in [0.2, 0.25) is 0 Å². The summed E-state index contributed by atoms with van der Waals surface area (Å²) in [6, 6.07) is 4.84. The zero-order valence-corrected chi connectivity index (χ0v) is 15.5. The molecule has 0 radical (unpaired) electrons. The van der Waals surface area contributed by atoms with E-state index in [1.165, 1.54) is 4.88 Å². The van der Waals surface area contributed by atoms with E-state index in [1.807, 2.05) is 17.7 Å². The molecule has 7 nitrogen and oxygen atoms in total. The summed E-state index contributed by atoms with van der Waals surface area (Å²) in [5, 5.41) is 9.28. The highest BCUT2D eigenvalue weighted by Gasteiger charge is 2.38. The molecule has 1 aliphatic heterocycles. The van der Waals surface area contributed by atoms with E-state index in [2.05, 4.69) is 41.9 Å². The highest BCUT2D eigenvalue weighted by Crippen LogP contribution is 2.26. The van der Waals surface area contributed by atoms with Gasteiger partial charge in [0.05, 0.1) is 6.33 Å². The van der Waals surface area contributed by atoms with Crippen molar-refractivity contribution in [1.29, 1.82) is 0 Å². The number of aliphatic carboxylic acids is 1. The van der Waals surface area contributed by atoms with Gasteiger partial charge in [0, 0.05) is 42.9 Å². The van der Waals surface area contributed by atoms with Gasteiger partial charge in [-0.3, -0.25) is 4.90 Å². The zero-order chi connectivity index (χ0) is 20.1. The minimum absolute atomic E-state index is 0.492. The second kappa shape index (κ2) is 8.65. The van der Waals surface area contributed by atoms with Gasteiger partial charge in [-0.1, -0.05) is 6.07 Å². The molecule has 150 valence electrons. The average molecular weight is 413 g/mol. The molecule has 1 N–H and O–H groups in total. The minimum Gasteiger partial charge on any atom is -0.475 e. The van der Waals surface area contributed by atoms with Crippen molar-refractivity contribution >= 4 is 28.6 Å². The number of aromatic nitrogens is 4. The van der Waals surface area contributed by atoms with E-state index in [-0.39, 0.29) is 0 Å². The second-order valence-corrected chi connectivity index (χ2v) is 7.28. The van der Waals surface area contributed by atoms with Gasteiger partial charge < -0.3 is 9.67 Å². The van der Waals surface area contributed by atoms with Gasteiger partial charge in [-0.2, -0.15) is 13.2 Å². The van der Waals surface area contributed by atoms with E-state index in [1.54, 1.807) is 12.4 Å². The van der Waals surface area contributed by atoms with Gasteiger partial charge in [-0.05, 0) is 24.3 Å². The van der Waals surface area contributed by atoms with E-state index in [4.69, 9.17) is 9.90 Å². The van der Waals surface area contributed by atoms with Crippen molar-refractivity contribution in [1.82, 2.24) is 24.4 Å². The second-order valence-electron chi connectivity index (χ2n) is 6.24. The third kappa shape index (κ3) is 5.04. The van der Waals surface area contributed by atoms with Gasteiger partial charge in [-0.15, -0.1) is 11.3 Å². The number of carbonyl (C=O) groups is 1. The van der Waals surface area contributed by atoms with Gasteiger partial charge in [-0.25, -0.2) is 19.7 Å². The Bertz CT molecular complexity index is 905. The van der Waals surface area contributed by atoms with Crippen molar-refractivity contribution in [2.75, 3.05) is 13.1 Å². The lowest BCUT2D eigenvalue weighted by atomic mass is 10.0. The summed E-state index contributed by atoms with van der Waals surface area (Å²) >= 11 is 1.84. The first-order valence-corrected chi connectivity index (χ1v) is 9.41. The largest absolute Gasteiger partial charge is 0.490 e. The molecule has 3 aromatic heterocycles. The predicted octanol–water partition coefficient (Wildman–Crippen LogP) is 3.36. The maximum Gasteiger partial charge on any atom is 0.490 e. The summed E-state index contributed by atoms with van der Waals surface area (Å²) in [6.07, 6.45) is 2.54. The van der Waals surface area contributed by atoms with Crippen LogP contribution in [0.4, 0.5) is 13.2 Å². The topological polar surface area (TPSA) is 84.1 Å². The molecule has 0 spiro atoms. The normalized spacial score (nSPS) is 16.0. The summed E-state index contributed by atoms with van der Waals surface area (Å²) in [6.45, 7) is 3.33. The minimum atomic E-state index is -5.08. The van der Waals surface area contributed by atoms with E-state index in [0.29, 0.717) is 6.04 Å². The van der Waals surface area contributed by atoms with Crippen LogP contribution < -0.4 is 0 Å². The van der Waals surface area contributed by atoms with E-state index < -0.39 is 12.1 Å². The van der Waals surface area contributed by atoms with Gasteiger partial charge in [0.2, 0.25) is 0 Å². The Morgan fingerprint density at radius 3 is 2.50 bits per heavy atom. The van der Waals surface area contributed by atoms with Crippen molar-refractivity contribution in [3.05, 3.63) is 41.1 Å². The van der Waals surface area contributed by atoms with Gasteiger partial charge in [0.25, 0.3) is 0 Å². The number of rotatable bonds is 3. The number of halogens is 3. The quantitative estimate of drug-likeness (QED) is 0.709. The van der Waals surface area contributed by atoms with Crippen molar-refractivity contribution in [2.24, 2.45) is 0 Å². The van der Waals surface area contributed by atoms with Crippen molar-refractivity contribution in [3.8, 4) is 0 Å². The van der Waals surface area contributed by atoms with Crippen LogP contribution in [0.25, 0.3) is 11.3 Å². The van der Waals surface area contributed by atoms with Crippen LogP contribution in [0.3, 0.4) is 0 Å². The maximum atomic E-state index is 10.6. The Kier molecular flexibility index (Phi) is 6.25. The van der Waals surface area contributed by atoms with Crippen molar-refractivity contribution in [2.45, 2.75) is 31.6 Å². The Morgan fingerprint density at radius 2 is 1.89 bits per heavy atom. The SMILES string of the molecule is O=C(O)C(F)(F)F.c1csc(CN2CCC(n3cnc4nccnc43)CC2)c1. The lowest BCUT2D eigenvalue weighted by Gasteiger charge is -2.32. The molecule has 1 fully saturated rings. The molecular weight excluding hydrogens is 395 g/mol. The highest BCUT2D eigenvalue weighted by molar-refractivity contribution is 7.09. The zero-order valence-electron chi connectivity index (χ0n) is 14.7. The summed E-state index contributed by atoms with van der Waals surface area (Å²) in [4.78, 5) is 25.9. The molecule has 0 unspecified atom stereocenters. The Labute approximate surface area is 162 Å². The molecule has 0 amide bonds. The fraction of sp³-hybridized carbons (Fsp3) is 0.412. The molecule has 1 aliphatic rings. The fourth-order valence-electron chi connectivity index (χ4n) is 3.01. The molecular formula is C17H18F3N5O2S. The Morgan fingerprint density at radius 1 is 1.21 bits per heavy atom. The number of nitrogens with zero attached hydrogens (tertiary/aromatic N) is 5. The highest BCUT2D eigenvalue weighted by atomic mass is 32.1. The van der Waals surface area contributed by atoms with E-state index in [9.17, 15) is 13.2 Å². The fourth-order valence-corrected chi connectivity index (χ4v) is 3.76. The van der Waals surface area contributed by atoms with Crippen LogP contribution in [0.5, 0.6) is 0 Å². The van der Waals surface area contributed by atoms with Crippen LogP contribution in [-0.2, 0) is 11.3 Å². The number of fused-ring (bicyclic) bond motifs is 1. The Hall–Kier alpha value is -2.53. The third-order valence-corrected chi connectivity index (χ3v) is 5.22. The first-order chi connectivity index (χ1) is 13.3. The summed E-state index contributed by atoms with van der Waals surface area (Å²) < 4.78 is 33.9. The van der Waals surface area contributed by atoms with Gasteiger partial charge in [0.15, 0.2) is 11.3 Å². The lowest BCUT2D eigenvalue weighted by molar-refractivity contribution is -0.192. The molecule has 0 bridgehead atoms.